The molecule has 94 valence electrons. The highest BCUT2D eigenvalue weighted by Crippen LogP contribution is 2.16. The molecule has 2 atom stereocenters. The number of hydrogen-bond donors (Lipinski definition) is 2. The standard InChI is InChI=1S/C11H22N2O3/c1-8-9(10(12)14)13(6-7-16-8)5-4-11(2,3)15/h8-9,15H,4-7H2,1-3H3,(H2,12,14)/t8-,9+/m1/s1. The van der Waals surface area contributed by atoms with Gasteiger partial charge in [0.1, 0.15) is 6.04 Å². The van der Waals surface area contributed by atoms with Gasteiger partial charge < -0.3 is 15.6 Å². The van der Waals surface area contributed by atoms with Gasteiger partial charge >= 0.3 is 0 Å². The summed E-state index contributed by atoms with van der Waals surface area (Å²) in [6.45, 7) is 7.33. The molecule has 5 nitrogen and oxygen atoms in total. The number of morpholine rings is 1. The highest BCUT2D eigenvalue weighted by Gasteiger charge is 2.34. The van der Waals surface area contributed by atoms with E-state index in [0.29, 0.717) is 26.1 Å². The van der Waals surface area contributed by atoms with E-state index in [2.05, 4.69) is 0 Å². The molecule has 0 aromatic heterocycles. The van der Waals surface area contributed by atoms with Gasteiger partial charge in [-0.25, -0.2) is 0 Å². The Morgan fingerprint density at radius 2 is 2.25 bits per heavy atom. The van der Waals surface area contributed by atoms with Gasteiger partial charge in [0.25, 0.3) is 0 Å². The van der Waals surface area contributed by atoms with Crippen LogP contribution in [0.5, 0.6) is 0 Å². The molecular formula is C11H22N2O3. The third-order valence-corrected chi connectivity index (χ3v) is 2.90. The number of amides is 1. The molecule has 1 aliphatic heterocycles. The predicted octanol–water partition coefficient (Wildman–Crippen LogP) is -0.278. The van der Waals surface area contributed by atoms with E-state index in [0.717, 1.165) is 0 Å². The SMILES string of the molecule is C[C@H]1OCCN(CCC(C)(C)O)[C@@H]1C(N)=O. The summed E-state index contributed by atoms with van der Waals surface area (Å²) in [5, 5.41) is 9.66. The zero-order valence-electron chi connectivity index (χ0n) is 10.3. The van der Waals surface area contributed by atoms with E-state index < -0.39 is 5.60 Å². The quantitative estimate of drug-likeness (QED) is 0.696. The highest BCUT2D eigenvalue weighted by molar-refractivity contribution is 5.80. The van der Waals surface area contributed by atoms with E-state index >= 15 is 0 Å². The van der Waals surface area contributed by atoms with Gasteiger partial charge in [0, 0.05) is 13.1 Å². The maximum atomic E-state index is 11.3. The van der Waals surface area contributed by atoms with Gasteiger partial charge in [-0.2, -0.15) is 0 Å². The van der Waals surface area contributed by atoms with Crippen molar-refractivity contribution in [2.45, 2.75) is 44.9 Å². The smallest absolute Gasteiger partial charge is 0.237 e. The fourth-order valence-corrected chi connectivity index (χ4v) is 1.96. The fourth-order valence-electron chi connectivity index (χ4n) is 1.96. The maximum absolute atomic E-state index is 11.3. The molecule has 0 aliphatic carbocycles. The zero-order chi connectivity index (χ0) is 12.3. The van der Waals surface area contributed by atoms with Crippen LogP contribution in [0.3, 0.4) is 0 Å². The molecular weight excluding hydrogens is 208 g/mol. The summed E-state index contributed by atoms with van der Waals surface area (Å²) in [5.74, 6) is -0.358. The van der Waals surface area contributed by atoms with Crippen LogP contribution in [0.25, 0.3) is 0 Å². The Balaban J connectivity index is 2.58. The van der Waals surface area contributed by atoms with Crippen LogP contribution in [-0.4, -0.2) is 53.4 Å². The summed E-state index contributed by atoms with van der Waals surface area (Å²) >= 11 is 0. The highest BCUT2D eigenvalue weighted by atomic mass is 16.5. The Bertz CT molecular complexity index is 250. The average Bonchev–Trinajstić information content (AvgIpc) is 2.12. The van der Waals surface area contributed by atoms with E-state index in [1.165, 1.54) is 0 Å². The first-order chi connectivity index (χ1) is 7.31. The molecule has 1 amide bonds. The van der Waals surface area contributed by atoms with E-state index in [9.17, 15) is 9.90 Å². The molecule has 1 aliphatic rings. The van der Waals surface area contributed by atoms with Crippen molar-refractivity contribution in [1.29, 1.82) is 0 Å². The van der Waals surface area contributed by atoms with E-state index in [-0.39, 0.29) is 18.1 Å². The topological polar surface area (TPSA) is 75.8 Å². The van der Waals surface area contributed by atoms with Crippen LogP contribution in [0.15, 0.2) is 0 Å². The number of nitrogens with zero attached hydrogens (tertiary/aromatic N) is 1. The molecule has 1 fully saturated rings. The van der Waals surface area contributed by atoms with Gasteiger partial charge in [0.05, 0.1) is 18.3 Å². The number of rotatable bonds is 4. The molecule has 0 aromatic rings. The first-order valence-electron chi connectivity index (χ1n) is 5.68. The maximum Gasteiger partial charge on any atom is 0.237 e. The first-order valence-corrected chi connectivity index (χ1v) is 5.68. The first kappa shape index (κ1) is 13.4. The minimum absolute atomic E-state index is 0.173. The number of primary amides is 1. The lowest BCUT2D eigenvalue weighted by Gasteiger charge is -2.38. The van der Waals surface area contributed by atoms with Crippen LogP contribution in [0.1, 0.15) is 27.2 Å². The Hall–Kier alpha value is -0.650. The monoisotopic (exact) mass is 230 g/mol. The van der Waals surface area contributed by atoms with Crippen molar-refractivity contribution in [1.82, 2.24) is 4.90 Å². The summed E-state index contributed by atoms with van der Waals surface area (Å²) in [5.41, 5.74) is 4.65. The van der Waals surface area contributed by atoms with Crippen LogP contribution < -0.4 is 5.73 Å². The second-order valence-corrected chi connectivity index (χ2v) is 5.02. The summed E-state index contributed by atoms with van der Waals surface area (Å²) < 4.78 is 5.41. The lowest BCUT2D eigenvalue weighted by molar-refractivity contribution is -0.136. The van der Waals surface area contributed by atoms with Crippen LogP contribution in [-0.2, 0) is 9.53 Å². The van der Waals surface area contributed by atoms with Gasteiger partial charge in [-0.15, -0.1) is 0 Å². The third kappa shape index (κ3) is 3.73. The number of carbonyl (C=O) groups is 1. The lowest BCUT2D eigenvalue weighted by Crippen LogP contribution is -2.57. The minimum Gasteiger partial charge on any atom is -0.390 e. The summed E-state index contributed by atoms with van der Waals surface area (Å²) in [6, 6.07) is -0.379. The molecule has 1 rings (SSSR count). The van der Waals surface area contributed by atoms with Gasteiger partial charge in [-0.3, -0.25) is 9.69 Å². The Morgan fingerprint density at radius 3 is 2.75 bits per heavy atom. The molecule has 0 unspecified atom stereocenters. The summed E-state index contributed by atoms with van der Waals surface area (Å²) in [6.07, 6.45) is 0.441. The normalized spacial score (nSPS) is 28.0. The molecule has 3 N–H and O–H groups in total. The second-order valence-electron chi connectivity index (χ2n) is 5.02. The van der Waals surface area contributed by atoms with Crippen molar-refractivity contribution in [2.24, 2.45) is 5.73 Å². The molecule has 0 spiro atoms. The number of aliphatic hydroxyl groups is 1. The lowest BCUT2D eigenvalue weighted by atomic mass is 10.0. The number of carbonyl (C=O) groups excluding carboxylic acids is 1. The minimum atomic E-state index is -0.719. The van der Waals surface area contributed by atoms with Crippen molar-refractivity contribution in [3.05, 3.63) is 0 Å². The number of hydrogen-bond acceptors (Lipinski definition) is 4. The third-order valence-electron chi connectivity index (χ3n) is 2.90. The Morgan fingerprint density at radius 1 is 1.62 bits per heavy atom. The van der Waals surface area contributed by atoms with Gasteiger partial charge in [0.2, 0.25) is 5.91 Å². The summed E-state index contributed by atoms with van der Waals surface area (Å²) in [7, 11) is 0. The number of ether oxygens (including phenoxy) is 1. The molecule has 0 bridgehead atoms. The van der Waals surface area contributed by atoms with Crippen molar-refractivity contribution in [2.75, 3.05) is 19.7 Å². The fraction of sp³-hybridized carbons (Fsp3) is 0.909. The van der Waals surface area contributed by atoms with Crippen LogP contribution in [0.2, 0.25) is 0 Å². The van der Waals surface area contributed by atoms with Crippen molar-refractivity contribution < 1.29 is 14.6 Å². The van der Waals surface area contributed by atoms with Crippen LogP contribution in [0, 0.1) is 0 Å². The predicted molar refractivity (Wildman–Crippen MR) is 60.9 cm³/mol. The van der Waals surface area contributed by atoms with Gasteiger partial charge in [-0.05, 0) is 27.2 Å². The van der Waals surface area contributed by atoms with Crippen LogP contribution >= 0.6 is 0 Å². The molecule has 1 heterocycles. The van der Waals surface area contributed by atoms with Gasteiger partial charge in [-0.1, -0.05) is 0 Å². The molecule has 5 heteroatoms. The average molecular weight is 230 g/mol. The number of nitrogens with two attached hydrogens (primary N) is 1. The Kier molecular flexibility index (Phi) is 4.29. The van der Waals surface area contributed by atoms with E-state index in [1.54, 1.807) is 13.8 Å². The second kappa shape index (κ2) is 5.12. The molecule has 0 radical (unpaired) electrons. The van der Waals surface area contributed by atoms with E-state index in [1.807, 2.05) is 11.8 Å². The molecule has 0 saturated carbocycles. The Labute approximate surface area is 96.6 Å². The van der Waals surface area contributed by atoms with Crippen molar-refractivity contribution >= 4 is 5.91 Å². The van der Waals surface area contributed by atoms with Crippen LogP contribution in [0.4, 0.5) is 0 Å². The molecule has 16 heavy (non-hydrogen) atoms. The van der Waals surface area contributed by atoms with Crippen molar-refractivity contribution in [3.8, 4) is 0 Å². The molecule has 1 saturated heterocycles. The van der Waals surface area contributed by atoms with Crippen molar-refractivity contribution in [3.63, 3.8) is 0 Å². The largest absolute Gasteiger partial charge is 0.390 e. The van der Waals surface area contributed by atoms with Gasteiger partial charge in [0.15, 0.2) is 0 Å². The zero-order valence-corrected chi connectivity index (χ0v) is 10.3. The molecule has 0 aromatic carbocycles. The van der Waals surface area contributed by atoms with E-state index in [4.69, 9.17) is 10.5 Å². The summed E-state index contributed by atoms with van der Waals surface area (Å²) in [4.78, 5) is 13.3.